The van der Waals surface area contributed by atoms with Crippen LogP contribution in [0.25, 0.3) is 0 Å². The van der Waals surface area contributed by atoms with E-state index in [0.717, 1.165) is 0 Å². The number of nitrogens with one attached hydrogen (secondary N) is 3. The summed E-state index contributed by atoms with van der Waals surface area (Å²) in [6.45, 7) is 1.98. The van der Waals surface area contributed by atoms with Gasteiger partial charge in [-0.15, -0.1) is 0 Å². The minimum atomic E-state index is -0.482. The molecule has 0 spiro atoms. The van der Waals surface area contributed by atoms with E-state index in [0.29, 0.717) is 33.2 Å². The number of halogens is 2. The Bertz CT molecular complexity index is 864. The van der Waals surface area contributed by atoms with Crippen molar-refractivity contribution in [3.05, 3.63) is 57.5 Å². The second-order valence-corrected chi connectivity index (χ2v) is 7.03. The third-order valence-electron chi connectivity index (χ3n) is 3.21. The van der Waals surface area contributed by atoms with E-state index in [4.69, 9.17) is 33.3 Å². The molecule has 148 valence electrons. The first kappa shape index (κ1) is 21.9. The molecule has 2 rings (SSSR count). The summed E-state index contributed by atoms with van der Waals surface area (Å²) in [5, 5.41) is 2.96. The van der Waals surface area contributed by atoms with Gasteiger partial charge in [-0.1, -0.05) is 27.5 Å². The van der Waals surface area contributed by atoms with E-state index in [1.165, 1.54) is 0 Å². The highest BCUT2D eigenvalue weighted by Crippen LogP contribution is 2.23. The minimum absolute atomic E-state index is 0.0766. The maximum Gasteiger partial charge on any atom is 0.276 e. The summed E-state index contributed by atoms with van der Waals surface area (Å²) in [5.74, 6) is -0.0436. The van der Waals surface area contributed by atoms with Gasteiger partial charge in [0, 0.05) is 9.50 Å². The summed E-state index contributed by atoms with van der Waals surface area (Å²) < 4.78 is 11.4. The average molecular weight is 487 g/mol. The first-order valence-corrected chi connectivity index (χ1v) is 9.68. The van der Waals surface area contributed by atoms with Crippen LogP contribution in [0.15, 0.2) is 46.9 Å². The molecule has 0 atom stereocenters. The fraction of sp³-hybridized carbons (Fsp3) is 0.167. The van der Waals surface area contributed by atoms with Crippen LogP contribution in [-0.4, -0.2) is 30.1 Å². The van der Waals surface area contributed by atoms with Crippen molar-refractivity contribution in [3.63, 3.8) is 0 Å². The Morgan fingerprint density at radius 3 is 2.50 bits per heavy atom. The third kappa shape index (κ3) is 6.99. The molecule has 2 aromatic rings. The second kappa shape index (κ2) is 10.8. The molecule has 0 radical (unpaired) electrons. The van der Waals surface area contributed by atoms with Crippen LogP contribution in [0.2, 0.25) is 5.02 Å². The van der Waals surface area contributed by atoms with E-state index >= 15 is 0 Å². The van der Waals surface area contributed by atoms with Crippen molar-refractivity contribution in [1.29, 1.82) is 0 Å². The predicted octanol–water partition coefficient (Wildman–Crippen LogP) is 3.22. The molecule has 0 aromatic heterocycles. The largest absolute Gasteiger partial charge is 0.493 e. The first-order valence-electron chi connectivity index (χ1n) is 8.10. The number of hydrazine groups is 1. The van der Waals surface area contributed by atoms with Gasteiger partial charge in [0.2, 0.25) is 0 Å². The zero-order chi connectivity index (χ0) is 20.5. The summed E-state index contributed by atoms with van der Waals surface area (Å²) in [6, 6.07) is 11.6. The molecule has 0 bridgehead atoms. The lowest BCUT2D eigenvalue weighted by Gasteiger charge is -2.13. The van der Waals surface area contributed by atoms with Crippen LogP contribution >= 0.6 is 39.7 Å². The van der Waals surface area contributed by atoms with Gasteiger partial charge in [0.1, 0.15) is 11.5 Å². The van der Waals surface area contributed by atoms with Crippen molar-refractivity contribution in [2.75, 3.05) is 13.2 Å². The molecule has 10 heteroatoms. The minimum Gasteiger partial charge on any atom is -0.493 e. The Kier molecular flexibility index (Phi) is 8.49. The van der Waals surface area contributed by atoms with Gasteiger partial charge >= 0.3 is 0 Å². The average Bonchev–Trinajstić information content (AvgIpc) is 2.67. The molecule has 0 saturated carbocycles. The number of hydrogen-bond acceptors (Lipinski definition) is 5. The number of rotatable bonds is 6. The smallest absolute Gasteiger partial charge is 0.276 e. The third-order valence-corrected chi connectivity index (χ3v) is 4.16. The lowest BCUT2D eigenvalue weighted by Crippen LogP contribution is -2.49. The van der Waals surface area contributed by atoms with Crippen LogP contribution in [0, 0.1) is 0 Å². The number of thiocarbonyl (C=S) groups is 1. The van der Waals surface area contributed by atoms with E-state index < -0.39 is 11.8 Å². The SMILES string of the molecule is CCOc1ccc(Br)cc1C(=O)NC(=S)NNC(=O)COc1ccc(Cl)cc1. The standard InChI is InChI=1S/C18H17BrClN3O4S/c1-2-26-15-8-3-11(19)9-14(15)17(25)21-18(28)23-22-16(24)10-27-13-6-4-12(20)5-7-13/h3-9H,2,10H2,1H3,(H,22,24)(H2,21,23,25,28). The molecule has 28 heavy (non-hydrogen) atoms. The van der Waals surface area contributed by atoms with E-state index in [1.807, 2.05) is 6.92 Å². The highest BCUT2D eigenvalue weighted by molar-refractivity contribution is 9.10. The number of ether oxygens (including phenoxy) is 2. The normalized spacial score (nSPS) is 9.96. The van der Waals surface area contributed by atoms with Crippen molar-refractivity contribution in [2.45, 2.75) is 6.92 Å². The lowest BCUT2D eigenvalue weighted by atomic mass is 10.2. The summed E-state index contributed by atoms with van der Waals surface area (Å²) in [7, 11) is 0. The molecule has 7 nitrogen and oxygen atoms in total. The number of benzene rings is 2. The van der Waals surface area contributed by atoms with E-state index in [2.05, 4.69) is 32.1 Å². The van der Waals surface area contributed by atoms with Crippen molar-refractivity contribution in [1.82, 2.24) is 16.2 Å². The molecular weight excluding hydrogens is 470 g/mol. The number of carbonyl (C=O) groups is 2. The molecule has 2 aromatic carbocycles. The molecule has 0 saturated heterocycles. The Labute approximate surface area is 180 Å². The topological polar surface area (TPSA) is 88.7 Å². The highest BCUT2D eigenvalue weighted by Gasteiger charge is 2.15. The Morgan fingerprint density at radius 2 is 1.82 bits per heavy atom. The van der Waals surface area contributed by atoms with Crippen LogP contribution in [0.4, 0.5) is 0 Å². The van der Waals surface area contributed by atoms with Crippen LogP contribution < -0.4 is 25.6 Å². The molecule has 0 heterocycles. The molecule has 3 N–H and O–H groups in total. The van der Waals surface area contributed by atoms with Gasteiger partial charge in [0.25, 0.3) is 11.8 Å². The molecule has 0 aliphatic carbocycles. The maximum absolute atomic E-state index is 12.4. The van der Waals surface area contributed by atoms with Crippen molar-refractivity contribution in [3.8, 4) is 11.5 Å². The van der Waals surface area contributed by atoms with Crippen molar-refractivity contribution in [2.24, 2.45) is 0 Å². The molecule has 2 amide bonds. The molecule has 0 fully saturated rings. The Morgan fingerprint density at radius 1 is 1.11 bits per heavy atom. The molecular formula is C18H17BrClN3O4S. The van der Waals surface area contributed by atoms with Gasteiger partial charge < -0.3 is 9.47 Å². The van der Waals surface area contributed by atoms with Gasteiger partial charge in [0.15, 0.2) is 11.7 Å². The molecule has 0 unspecified atom stereocenters. The van der Waals surface area contributed by atoms with Gasteiger partial charge in [-0.2, -0.15) is 0 Å². The summed E-state index contributed by atoms with van der Waals surface area (Å²) in [6.07, 6.45) is 0. The summed E-state index contributed by atoms with van der Waals surface area (Å²) in [5.41, 5.74) is 5.08. The van der Waals surface area contributed by atoms with Gasteiger partial charge in [-0.05, 0) is 61.6 Å². The zero-order valence-corrected chi connectivity index (χ0v) is 17.9. The van der Waals surface area contributed by atoms with Crippen LogP contribution in [-0.2, 0) is 4.79 Å². The number of hydrogen-bond donors (Lipinski definition) is 3. The predicted molar refractivity (Wildman–Crippen MR) is 114 cm³/mol. The van der Waals surface area contributed by atoms with Crippen molar-refractivity contribution >= 4 is 56.7 Å². The number of amides is 2. The van der Waals surface area contributed by atoms with Crippen LogP contribution in [0.5, 0.6) is 11.5 Å². The monoisotopic (exact) mass is 485 g/mol. The van der Waals surface area contributed by atoms with E-state index in [9.17, 15) is 9.59 Å². The fourth-order valence-corrected chi connectivity index (χ4v) is 2.64. The lowest BCUT2D eigenvalue weighted by molar-refractivity contribution is -0.123. The summed E-state index contributed by atoms with van der Waals surface area (Å²) in [4.78, 5) is 24.2. The van der Waals surface area contributed by atoms with E-state index in [1.54, 1.807) is 42.5 Å². The first-order chi connectivity index (χ1) is 13.4. The molecule has 0 aliphatic heterocycles. The van der Waals surface area contributed by atoms with Gasteiger partial charge in [0.05, 0.1) is 12.2 Å². The Balaban J connectivity index is 1.81. The second-order valence-electron chi connectivity index (χ2n) is 5.27. The maximum atomic E-state index is 12.4. The number of carbonyl (C=O) groups excluding carboxylic acids is 2. The quantitative estimate of drug-likeness (QED) is 0.429. The van der Waals surface area contributed by atoms with Crippen molar-refractivity contribution < 1.29 is 19.1 Å². The highest BCUT2D eigenvalue weighted by atomic mass is 79.9. The van der Waals surface area contributed by atoms with Gasteiger partial charge in [-0.25, -0.2) is 0 Å². The summed E-state index contributed by atoms with van der Waals surface area (Å²) >= 11 is 14.1. The Hall–Kier alpha value is -2.36. The van der Waals surface area contributed by atoms with E-state index in [-0.39, 0.29) is 11.7 Å². The molecule has 0 aliphatic rings. The zero-order valence-electron chi connectivity index (χ0n) is 14.8. The fourth-order valence-electron chi connectivity index (χ4n) is 2.00. The van der Waals surface area contributed by atoms with Gasteiger partial charge in [-0.3, -0.25) is 25.8 Å². The van der Waals surface area contributed by atoms with Crippen LogP contribution in [0.3, 0.4) is 0 Å². The van der Waals surface area contributed by atoms with Crippen LogP contribution in [0.1, 0.15) is 17.3 Å².